The SMILES string of the molecule is CCNc1ncc(S(=O)(=O)Nc2ccc(F)cc2)cc1Cl. The molecule has 2 aromatic rings. The minimum atomic E-state index is -3.83. The van der Waals surface area contributed by atoms with E-state index < -0.39 is 15.8 Å². The number of anilines is 2. The van der Waals surface area contributed by atoms with Crippen LogP contribution >= 0.6 is 11.6 Å². The number of sulfonamides is 1. The molecule has 0 aliphatic heterocycles. The first-order valence-electron chi connectivity index (χ1n) is 6.10. The van der Waals surface area contributed by atoms with Gasteiger partial charge in [0.25, 0.3) is 10.0 Å². The van der Waals surface area contributed by atoms with Gasteiger partial charge in [-0.3, -0.25) is 4.72 Å². The molecule has 0 saturated carbocycles. The second kappa shape index (κ2) is 6.28. The lowest BCUT2D eigenvalue weighted by atomic mass is 10.3. The summed E-state index contributed by atoms with van der Waals surface area (Å²) in [4.78, 5) is 3.90. The normalized spacial score (nSPS) is 11.2. The largest absolute Gasteiger partial charge is 0.369 e. The summed E-state index contributed by atoms with van der Waals surface area (Å²) >= 11 is 5.97. The molecule has 1 aromatic heterocycles. The van der Waals surface area contributed by atoms with E-state index in [0.29, 0.717) is 12.4 Å². The fourth-order valence-electron chi connectivity index (χ4n) is 1.60. The van der Waals surface area contributed by atoms with E-state index in [1.54, 1.807) is 0 Å². The van der Waals surface area contributed by atoms with E-state index in [4.69, 9.17) is 11.6 Å². The van der Waals surface area contributed by atoms with E-state index >= 15 is 0 Å². The Morgan fingerprint density at radius 1 is 1.29 bits per heavy atom. The Labute approximate surface area is 127 Å². The molecule has 0 fully saturated rings. The van der Waals surface area contributed by atoms with E-state index in [0.717, 1.165) is 12.1 Å². The van der Waals surface area contributed by atoms with E-state index in [-0.39, 0.29) is 15.6 Å². The lowest BCUT2D eigenvalue weighted by molar-refractivity contribution is 0.600. The third kappa shape index (κ3) is 3.83. The van der Waals surface area contributed by atoms with Gasteiger partial charge in [-0.1, -0.05) is 11.6 Å². The fourth-order valence-corrected chi connectivity index (χ4v) is 2.92. The molecule has 0 atom stereocenters. The van der Waals surface area contributed by atoms with Gasteiger partial charge in [0.15, 0.2) is 0 Å². The monoisotopic (exact) mass is 329 g/mol. The van der Waals surface area contributed by atoms with Crippen molar-refractivity contribution in [1.29, 1.82) is 0 Å². The molecule has 0 amide bonds. The Morgan fingerprint density at radius 2 is 1.95 bits per heavy atom. The van der Waals surface area contributed by atoms with Gasteiger partial charge >= 0.3 is 0 Å². The molecule has 1 heterocycles. The van der Waals surface area contributed by atoms with Gasteiger partial charge in [-0.05, 0) is 37.3 Å². The zero-order valence-electron chi connectivity index (χ0n) is 11.1. The summed E-state index contributed by atoms with van der Waals surface area (Å²) in [6.45, 7) is 2.49. The van der Waals surface area contributed by atoms with Crippen LogP contribution in [-0.4, -0.2) is 19.9 Å². The van der Waals surface area contributed by atoms with Gasteiger partial charge in [0.2, 0.25) is 0 Å². The number of hydrogen-bond donors (Lipinski definition) is 2. The Balaban J connectivity index is 2.27. The molecule has 2 N–H and O–H groups in total. The van der Waals surface area contributed by atoms with Crippen molar-refractivity contribution < 1.29 is 12.8 Å². The number of halogens is 2. The number of nitrogens with one attached hydrogen (secondary N) is 2. The molecule has 2 rings (SSSR count). The van der Waals surface area contributed by atoms with Crippen LogP contribution in [0.4, 0.5) is 15.9 Å². The van der Waals surface area contributed by atoms with E-state index in [1.165, 1.54) is 24.4 Å². The van der Waals surface area contributed by atoms with Crippen molar-refractivity contribution >= 4 is 33.1 Å². The van der Waals surface area contributed by atoms with Crippen molar-refractivity contribution in [2.75, 3.05) is 16.6 Å². The molecule has 21 heavy (non-hydrogen) atoms. The Kier molecular flexibility index (Phi) is 4.64. The predicted molar refractivity (Wildman–Crippen MR) is 80.6 cm³/mol. The van der Waals surface area contributed by atoms with Crippen molar-refractivity contribution in [2.45, 2.75) is 11.8 Å². The van der Waals surface area contributed by atoms with Crippen molar-refractivity contribution in [3.8, 4) is 0 Å². The molecule has 0 saturated heterocycles. The highest BCUT2D eigenvalue weighted by molar-refractivity contribution is 7.92. The van der Waals surface area contributed by atoms with E-state index in [9.17, 15) is 12.8 Å². The first-order valence-corrected chi connectivity index (χ1v) is 7.96. The number of pyridine rings is 1. The average Bonchev–Trinajstić information content (AvgIpc) is 2.43. The third-order valence-corrected chi connectivity index (χ3v) is 4.20. The van der Waals surface area contributed by atoms with E-state index in [2.05, 4.69) is 15.0 Å². The standard InChI is InChI=1S/C13H13ClFN3O2S/c1-2-16-13-12(14)7-11(8-17-13)21(19,20)18-10-5-3-9(15)4-6-10/h3-8,18H,2H2,1H3,(H,16,17). The number of hydrogen-bond acceptors (Lipinski definition) is 4. The molecule has 0 aliphatic carbocycles. The Bertz CT molecular complexity index is 736. The van der Waals surface area contributed by atoms with E-state index in [1.807, 2.05) is 6.92 Å². The Morgan fingerprint density at radius 3 is 2.52 bits per heavy atom. The lowest BCUT2D eigenvalue weighted by Crippen LogP contribution is -2.13. The molecule has 112 valence electrons. The number of rotatable bonds is 5. The van der Waals surface area contributed by atoms with Crippen LogP contribution < -0.4 is 10.0 Å². The lowest BCUT2D eigenvalue weighted by Gasteiger charge is -2.10. The fraction of sp³-hybridized carbons (Fsp3) is 0.154. The predicted octanol–water partition coefficient (Wildman–Crippen LogP) is 3.11. The van der Waals surface area contributed by atoms with Crippen LogP contribution in [0.5, 0.6) is 0 Å². The zero-order chi connectivity index (χ0) is 15.5. The molecular weight excluding hydrogens is 317 g/mol. The molecule has 0 spiro atoms. The first kappa shape index (κ1) is 15.5. The van der Waals surface area contributed by atoms with Crippen LogP contribution in [0.1, 0.15) is 6.92 Å². The van der Waals surface area contributed by atoms with Crippen LogP contribution in [0.25, 0.3) is 0 Å². The van der Waals surface area contributed by atoms with Gasteiger partial charge in [-0.2, -0.15) is 0 Å². The van der Waals surface area contributed by atoms with Crippen molar-refractivity contribution in [3.05, 3.63) is 47.4 Å². The topological polar surface area (TPSA) is 71.1 Å². The highest BCUT2D eigenvalue weighted by atomic mass is 35.5. The molecule has 8 heteroatoms. The second-order valence-electron chi connectivity index (χ2n) is 4.14. The van der Waals surface area contributed by atoms with Crippen LogP contribution in [0.3, 0.4) is 0 Å². The van der Waals surface area contributed by atoms with Gasteiger partial charge < -0.3 is 5.32 Å². The van der Waals surface area contributed by atoms with Crippen molar-refractivity contribution in [2.24, 2.45) is 0 Å². The van der Waals surface area contributed by atoms with Crippen LogP contribution in [-0.2, 0) is 10.0 Å². The minimum Gasteiger partial charge on any atom is -0.369 e. The molecule has 0 aliphatic rings. The summed E-state index contributed by atoms with van der Waals surface area (Å²) < 4.78 is 39.5. The quantitative estimate of drug-likeness (QED) is 0.884. The number of nitrogens with zero attached hydrogens (tertiary/aromatic N) is 1. The first-order chi connectivity index (χ1) is 9.92. The summed E-state index contributed by atoms with van der Waals surface area (Å²) in [6, 6.07) is 6.29. The van der Waals surface area contributed by atoms with Gasteiger partial charge in [-0.25, -0.2) is 17.8 Å². The maximum Gasteiger partial charge on any atom is 0.263 e. The average molecular weight is 330 g/mol. The van der Waals surface area contributed by atoms with Crippen molar-refractivity contribution in [1.82, 2.24) is 4.98 Å². The van der Waals surface area contributed by atoms with Gasteiger partial charge in [-0.15, -0.1) is 0 Å². The zero-order valence-corrected chi connectivity index (χ0v) is 12.7. The highest BCUT2D eigenvalue weighted by Crippen LogP contribution is 2.23. The third-order valence-electron chi connectivity index (χ3n) is 2.57. The van der Waals surface area contributed by atoms with Crippen molar-refractivity contribution in [3.63, 3.8) is 0 Å². The number of benzene rings is 1. The molecule has 5 nitrogen and oxygen atoms in total. The maximum absolute atomic E-state index is 12.8. The summed E-state index contributed by atoms with van der Waals surface area (Å²) in [5.41, 5.74) is 0.253. The smallest absolute Gasteiger partial charge is 0.263 e. The van der Waals surface area contributed by atoms with Gasteiger partial charge in [0.05, 0.1) is 5.02 Å². The molecular formula is C13H13ClFN3O2S. The summed E-state index contributed by atoms with van der Waals surface area (Å²) in [5.74, 6) is -0.0300. The summed E-state index contributed by atoms with van der Waals surface area (Å²) in [6.07, 6.45) is 1.20. The Hall–Kier alpha value is -1.86. The molecule has 0 radical (unpaired) electrons. The highest BCUT2D eigenvalue weighted by Gasteiger charge is 2.16. The summed E-state index contributed by atoms with van der Waals surface area (Å²) in [7, 11) is -3.83. The van der Waals surface area contributed by atoms with Crippen LogP contribution in [0, 0.1) is 5.82 Å². The molecule has 0 unspecified atom stereocenters. The molecule has 0 bridgehead atoms. The van der Waals surface area contributed by atoms with Gasteiger partial charge in [0.1, 0.15) is 16.5 Å². The van der Waals surface area contributed by atoms with Gasteiger partial charge in [0, 0.05) is 18.4 Å². The molecule has 1 aromatic carbocycles. The number of aromatic nitrogens is 1. The van der Waals surface area contributed by atoms with Crippen LogP contribution in [0.15, 0.2) is 41.4 Å². The summed E-state index contributed by atoms with van der Waals surface area (Å²) in [5, 5.41) is 3.12. The minimum absolute atomic E-state index is 0.0709. The van der Waals surface area contributed by atoms with Crippen LogP contribution in [0.2, 0.25) is 5.02 Å². The maximum atomic E-state index is 12.8. The second-order valence-corrected chi connectivity index (χ2v) is 6.23.